The van der Waals surface area contributed by atoms with Gasteiger partial charge in [0.2, 0.25) is 0 Å². The van der Waals surface area contributed by atoms with Crippen molar-refractivity contribution in [2.24, 2.45) is 7.05 Å². The van der Waals surface area contributed by atoms with E-state index in [9.17, 15) is 14.9 Å². The number of rotatable bonds is 6. The predicted octanol–water partition coefficient (Wildman–Crippen LogP) is 2.43. The van der Waals surface area contributed by atoms with Gasteiger partial charge in [-0.25, -0.2) is 0 Å². The average Bonchev–Trinajstić information content (AvgIpc) is 3.10. The van der Waals surface area contributed by atoms with Crippen LogP contribution in [-0.2, 0) is 20.1 Å². The van der Waals surface area contributed by atoms with Crippen LogP contribution in [0.1, 0.15) is 38.6 Å². The Balaban J connectivity index is 1.73. The minimum absolute atomic E-state index is 0.0285. The number of carbonyl (C=O) groups is 1. The predicted molar refractivity (Wildman–Crippen MR) is 103 cm³/mol. The molecule has 9 nitrogen and oxygen atoms in total. The van der Waals surface area contributed by atoms with Crippen LogP contribution < -0.4 is 5.32 Å². The third-order valence-corrected chi connectivity index (χ3v) is 4.60. The highest BCUT2D eigenvalue weighted by molar-refractivity contribution is 5.94. The Morgan fingerprint density at radius 3 is 2.57 bits per heavy atom. The van der Waals surface area contributed by atoms with Gasteiger partial charge in [-0.05, 0) is 38.5 Å². The van der Waals surface area contributed by atoms with Crippen molar-refractivity contribution < 1.29 is 9.72 Å². The molecule has 0 aliphatic carbocycles. The normalized spacial score (nSPS) is 10.9. The molecule has 0 aliphatic rings. The Hall–Kier alpha value is -3.49. The van der Waals surface area contributed by atoms with Gasteiger partial charge < -0.3 is 5.32 Å². The minimum atomic E-state index is -0.418. The van der Waals surface area contributed by atoms with Crippen LogP contribution in [0.25, 0.3) is 0 Å². The second-order valence-corrected chi connectivity index (χ2v) is 6.73. The molecular weight excluding hydrogens is 360 g/mol. The van der Waals surface area contributed by atoms with E-state index in [0.29, 0.717) is 30.0 Å². The number of carbonyl (C=O) groups excluding carboxylic acids is 1. The van der Waals surface area contributed by atoms with Gasteiger partial charge in [-0.2, -0.15) is 10.2 Å². The van der Waals surface area contributed by atoms with Gasteiger partial charge in [0.1, 0.15) is 11.4 Å². The van der Waals surface area contributed by atoms with Crippen LogP contribution in [0.2, 0.25) is 0 Å². The summed E-state index contributed by atoms with van der Waals surface area (Å²) in [6.45, 7) is 5.93. The quantitative estimate of drug-likeness (QED) is 0.520. The molecule has 0 atom stereocenters. The van der Waals surface area contributed by atoms with Gasteiger partial charge in [-0.3, -0.25) is 24.3 Å². The zero-order chi connectivity index (χ0) is 20.4. The van der Waals surface area contributed by atoms with Gasteiger partial charge in [0, 0.05) is 30.9 Å². The molecule has 0 bridgehead atoms. The molecule has 1 N–H and O–H groups in total. The molecule has 3 rings (SSSR count). The van der Waals surface area contributed by atoms with Crippen LogP contribution >= 0.6 is 0 Å². The van der Waals surface area contributed by atoms with Crippen LogP contribution in [0.5, 0.6) is 0 Å². The maximum absolute atomic E-state index is 12.5. The van der Waals surface area contributed by atoms with E-state index < -0.39 is 4.92 Å². The van der Waals surface area contributed by atoms with Gasteiger partial charge in [-0.15, -0.1) is 0 Å². The molecule has 9 heteroatoms. The number of aromatic nitrogens is 4. The number of amides is 1. The smallest absolute Gasteiger partial charge is 0.312 e. The highest BCUT2D eigenvalue weighted by atomic mass is 16.6. The van der Waals surface area contributed by atoms with Crippen LogP contribution in [0, 0.1) is 30.9 Å². The molecule has 0 unspecified atom stereocenters. The summed E-state index contributed by atoms with van der Waals surface area (Å²) in [5.41, 5.74) is 4.10. The maximum atomic E-state index is 12.5. The summed E-state index contributed by atoms with van der Waals surface area (Å²) in [6.07, 6.45) is 1.88. The third-order valence-electron chi connectivity index (χ3n) is 4.60. The van der Waals surface area contributed by atoms with Crippen molar-refractivity contribution in [1.29, 1.82) is 0 Å². The lowest BCUT2D eigenvalue weighted by Gasteiger charge is -2.08. The number of nitrogens with one attached hydrogen (secondary N) is 1. The van der Waals surface area contributed by atoms with E-state index in [1.165, 1.54) is 0 Å². The van der Waals surface area contributed by atoms with Gasteiger partial charge >= 0.3 is 5.69 Å². The Bertz CT molecular complexity index is 1050. The zero-order valence-corrected chi connectivity index (χ0v) is 16.3. The Labute approximate surface area is 162 Å². The molecule has 3 aromatic rings. The molecule has 0 saturated carbocycles. The largest absolute Gasteiger partial charge is 0.348 e. The maximum Gasteiger partial charge on any atom is 0.312 e. The van der Waals surface area contributed by atoms with Gasteiger partial charge in [0.15, 0.2) is 0 Å². The number of nitrogens with zero attached hydrogens (tertiary/aromatic N) is 5. The fourth-order valence-corrected chi connectivity index (χ4v) is 3.19. The van der Waals surface area contributed by atoms with Crippen LogP contribution in [0.3, 0.4) is 0 Å². The van der Waals surface area contributed by atoms with Crippen molar-refractivity contribution >= 4 is 11.6 Å². The standard InChI is InChI=1S/C19H22N6O3/c1-12-17(11-23(4)21-12)9-20-19(26)16-7-5-6-15(8-16)10-24-14(3)18(25(27)28)13(2)22-24/h5-8,11H,9-10H2,1-4H3,(H,20,26). The number of hydrogen-bond acceptors (Lipinski definition) is 5. The first-order chi connectivity index (χ1) is 13.3. The molecule has 28 heavy (non-hydrogen) atoms. The number of hydrogen-bond donors (Lipinski definition) is 1. The highest BCUT2D eigenvalue weighted by Crippen LogP contribution is 2.22. The second kappa shape index (κ2) is 7.63. The fraction of sp³-hybridized carbons (Fsp3) is 0.316. The molecule has 146 valence electrons. The number of aryl methyl sites for hydroxylation is 3. The SMILES string of the molecule is Cc1nn(C)cc1CNC(=O)c1cccc(Cn2nc(C)c([N+](=O)[O-])c2C)c1. The zero-order valence-electron chi connectivity index (χ0n) is 16.3. The van der Waals surface area contributed by atoms with Crippen molar-refractivity contribution in [3.8, 4) is 0 Å². The van der Waals surface area contributed by atoms with E-state index in [2.05, 4.69) is 15.5 Å². The summed E-state index contributed by atoms with van der Waals surface area (Å²) in [5, 5.41) is 22.6. The van der Waals surface area contributed by atoms with Crippen LogP contribution in [-0.4, -0.2) is 30.4 Å². The van der Waals surface area contributed by atoms with E-state index in [-0.39, 0.29) is 11.6 Å². The molecule has 0 radical (unpaired) electrons. The molecule has 1 aromatic carbocycles. The third kappa shape index (κ3) is 3.93. The summed E-state index contributed by atoms with van der Waals surface area (Å²) in [5.74, 6) is -0.190. The first kappa shape index (κ1) is 19.3. The molecule has 0 spiro atoms. The van der Waals surface area contributed by atoms with Gasteiger partial charge in [0.25, 0.3) is 5.91 Å². The molecule has 0 aliphatic heterocycles. The monoisotopic (exact) mass is 382 g/mol. The second-order valence-electron chi connectivity index (χ2n) is 6.73. The first-order valence-electron chi connectivity index (χ1n) is 8.81. The van der Waals surface area contributed by atoms with Crippen molar-refractivity contribution in [2.75, 3.05) is 0 Å². The molecular formula is C19H22N6O3. The molecule has 2 heterocycles. The minimum Gasteiger partial charge on any atom is -0.348 e. The summed E-state index contributed by atoms with van der Waals surface area (Å²) < 4.78 is 3.30. The van der Waals surface area contributed by atoms with Crippen molar-refractivity contribution in [3.05, 3.63) is 74.3 Å². The van der Waals surface area contributed by atoms with Crippen molar-refractivity contribution in [3.63, 3.8) is 0 Å². The number of benzene rings is 1. The van der Waals surface area contributed by atoms with Crippen LogP contribution in [0.15, 0.2) is 30.5 Å². The van der Waals surface area contributed by atoms with Gasteiger partial charge in [0.05, 0.1) is 17.2 Å². The summed E-state index contributed by atoms with van der Waals surface area (Å²) in [7, 11) is 1.84. The first-order valence-corrected chi connectivity index (χ1v) is 8.81. The topological polar surface area (TPSA) is 108 Å². The van der Waals surface area contributed by atoms with Crippen LogP contribution in [0.4, 0.5) is 5.69 Å². The van der Waals surface area contributed by atoms with E-state index in [0.717, 1.165) is 16.8 Å². The Morgan fingerprint density at radius 2 is 1.96 bits per heavy atom. The summed E-state index contributed by atoms with van der Waals surface area (Å²) in [4.78, 5) is 23.2. The van der Waals surface area contributed by atoms with Crippen molar-refractivity contribution in [2.45, 2.75) is 33.9 Å². The van der Waals surface area contributed by atoms with E-state index in [1.807, 2.05) is 26.2 Å². The Kier molecular flexibility index (Phi) is 5.25. The molecule has 2 aromatic heterocycles. The lowest BCUT2D eigenvalue weighted by atomic mass is 10.1. The van der Waals surface area contributed by atoms with Crippen molar-refractivity contribution in [1.82, 2.24) is 24.9 Å². The van der Waals surface area contributed by atoms with Gasteiger partial charge in [-0.1, -0.05) is 12.1 Å². The van der Waals surface area contributed by atoms with E-state index in [1.54, 1.807) is 41.4 Å². The summed E-state index contributed by atoms with van der Waals surface area (Å²) >= 11 is 0. The number of nitro groups is 1. The lowest BCUT2D eigenvalue weighted by molar-refractivity contribution is -0.386. The molecule has 1 amide bonds. The molecule has 0 fully saturated rings. The lowest BCUT2D eigenvalue weighted by Crippen LogP contribution is -2.23. The molecule has 0 saturated heterocycles. The van der Waals surface area contributed by atoms with E-state index >= 15 is 0 Å². The average molecular weight is 382 g/mol. The summed E-state index contributed by atoms with van der Waals surface area (Å²) in [6, 6.07) is 7.16. The highest BCUT2D eigenvalue weighted by Gasteiger charge is 2.21. The Morgan fingerprint density at radius 1 is 1.21 bits per heavy atom. The van der Waals surface area contributed by atoms with E-state index in [4.69, 9.17) is 0 Å². The fourth-order valence-electron chi connectivity index (χ4n) is 3.19.